The van der Waals surface area contributed by atoms with E-state index in [1.165, 1.54) is 55.2 Å². The molecule has 0 radical (unpaired) electrons. The zero-order valence-electron chi connectivity index (χ0n) is 28.0. The maximum Gasteiger partial charge on any atom is 0.257 e. The number of likely N-dealkylation sites (tertiary alicyclic amines) is 1. The van der Waals surface area contributed by atoms with Crippen LogP contribution in [-0.4, -0.2) is 100 Å². The number of amides is 1. The van der Waals surface area contributed by atoms with Crippen LogP contribution in [0.5, 0.6) is 17.2 Å². The highest BCUT2D eigenvalue weighted by atomic mass is 19.1. The van der Waals surface area contributed by atoms with Gasteiger partial charge in [0.25, 0.3) is 5.91 Å². The first-order chi connectivity index (χ1) is 22.7. The van der Waals surface area contributed by atoms with E-state index in [2.05, 4.69) is 31.7 Å². The molecule has 5 heterocycles. The molecule has 1 aromatic carbocycles. The summed E-state index contributed by atoms with van der Waals surface area (Å²) in [7, 11) is 2.23. The third-order valence-corrected chi connectivity index (χ3v) is 10.6. The number of ether oxygens (including phenoxy) is 2. The van der Waals surface area contributed by atoms with Crippen molar-refractivity contribution in [1.29, 1.82) is 0 Å². The van der Waals surface area contributed by atoms with Crippen molar-refractivity contribution in [2.24, 2.45) is 5.41 Å². The largest absolute Gasteiger partial charge is 0.490 e. The van der Waals surface area contributed by atoms with E-state index in [-0.39, 0.29) is 34.8 Å². The number of fused-ring (bicyclic) bond motifs is 1. The van der Waals surface area contributed by atoms with Crippen LogP contribution in [0, 0.1) is 11.2 Å². The molecule has 3 aliphatic heterocycles. The number of carbonyl (C=O) groups is 1. The summed E-state index contributed by atoms with van der Waals surface area (Å²) in [5.74, 6) is 1.63. The Bertz CT molecular complexity index is 1610. The van der Waals surface area contributed by atoms with Crippen molar-refractivity contribution in [2.45, 2.75) is 77.6 Å². The number of hydrogen-bond donors (Lipinski definition) is 0. The molecular weight excluding hydrogens is 597 g/mol. The quantitative estimate of drug-likeness (QED) is 0.281. The van der Waals surface area contributed by atoms with E-state index >= 15 is 0 Å². The average molecular weight is 644 g/mol. The van der Waals surface area contributed by atoms with Crippen LogP contribution >= 0.6 is 0 Å². The molecule has 3 aromatic rings. The molecule has 1 aliphatic carbocycles. The van der Waals surface area contributed by atoms with Crippen LogP contribution in [0.1, 0.15) is 68.1 Å². The lowest BCUT2D eigenvalue weighted by Gasteiger charge is -2.59. The summed E-state index contributed by atoms with van der Waals surface area (Å²) in [6.07, 6.45) is 10.7. The van der Waals surface area contributed by atoms with Crippen LogP contribution in [0.4, 0.5) is 10.2 Å². The predicted octanol–water partition coefficient (Wildman–Crippen LogP) is 5.17. The molecule has 7 rings (SSSR count). The summed E-state index contributed by atoms with van der Waals surface area (Å²) in [5.41, 5.74) is 2.80. The maximum absolute atomic E-state index is 14.3. The van der Waals surface area contributed by atoms with Gasteiger partial charge >= 0.3 is 0 Å². The van der Waals surface area contributed by atoms with Gasteiger partial charge < -0.3 is 24.2 Å². The van der Waals surface area contributed by atoms with Crippen LogP contribution < -0.4 is 14.4 Å². The van der Waals surface area contributed by atoms with Gasteiger partial charge in [-0.1, -0.05) is 0 Å². The minimum absolute atomic E-state index is 0.0328. The second-order valence-corrected chi connectivity index (χ2v) is 14.1. The van der Waals surface area contributed by atoms with Gasteiger partial charge in [0, 0.05) is 74.1 Å². The first-order valence-corrected chi connectivity index (χ1v) is 17.1. The molecule has 1 amide bonds. The smallest absolute Gasteiger partial charge is 0.257 e. The van der Waals surface area contributed by atoms with Crippen LogP contribution in [0.3, 0.4) is 0 Å². The number of carbonyl (C=O) groups excluding carboxylic acids is 1. The van der Waals surface area contributed by atoms with Gasteiger partial charge in [-0.3, -0.25) is 14.7 Å². The number of benzene rings is 1. The zero-order chi connectivity index (χ0) is 32.7. The first kappa shape index (κ1) is 31.8. The highest BCUT2D eigenvalue weighted by Gasteiger charge is 2.54. The molecule has 250 valence electrons. The minimum Gasteiger partial charge on any atom is -0.490 e. The minimum atomic E-state index is -0.488. The van der Waals surface area contributed by atoms with Gasteiger partial charge in [-0.25, -0.2) is 14.4 Å². The average Bonchev–Trinajstić information content (AvgIpc) is 3.02. The Morgan fingerprint density at radius 2 is 1.96 bits per heavy atom. The molecule has 2 saturated heterocycles. The van der Waals surface area contributed by atoms with Crippen molar-refractivity contribution < 1.29 is 18.7 Å². The first-order valence-electron chi connectivity index (χ1n) is 17.1. The lowest BCUT2D eigenvalue weighted by atomic mass is 9.61. The maximum atomic E-state index is 14.3. The summed E-state index contributed by atoms with van der Waals surface area (Å²) in [6.45, 7) is 12.3. The van der Waals surface area contributed by atoms with E-state index in [0.29, 0.717) is 18.1 Å². The second-order valence-electron chi connectivity index (χ2n) is 14.1. The lowest BCUT2D eigenvalue weighted by Crippen LogP contribution is -2.65. The standard InChI is InChI=1S/C36H46FN7O3/c1-5-44(24(2)3)35(45)28-16-25(37)6-7-31(28)47-33-19-38-23-40-34(33)43-21-36(22-43)17-27(18-36)46-32-8-12-39-30-11-15-42(20-29(30)32)14-10-26-9-13-41(26)4/h6-8,12,16,19,23-24,26-27H,5,9-11,13-15,17-18,20-22H2,1-4H3/t26-/m1/s1. The molecule has 0 N–H and O–H groups in total. The Labute approximate surface area is 276 Å². The number of aromatic nitrogens is 3. The van der Waals surface area contributed by atoms with Gasteiger partial charge in [-0.05, 0) is 90.9 Å². The zero-order valence-corrected chi connectivity index (χ0v) is 28.0. The van der Waals surface area contributed by atoms with Gasteiger partial charge in [-0.15, -0.1) is 0 Å². The molecule has 0 unspecified atom stereocenters. The summed E-state index contributed by atoms with van der Waals surface area (Å²) in [6, 6.07) is 6.79. The fraction of sp³-hybridized carbons (Fsp3) is 0.556. The third kappa shape index (κ3) is 6.39. The normalized spacial score (nSPS) is 20.7. The third-order valence-electron chi connectivity index (χ3n) is 10.6. The number of halogens is 1. The predicted molar refractivity (Wildman–Crippen MR) is 178 cm³/mol. The van der Waals surface area contributed by atoms with Crippen molar-refractivity contribution in [2.75, 3.05) is 51.2 Å². The van der Waals surface area contributed by atoms with Gasteiger partial charge in [0.15, 0.2) is 11.6 Å². The number of rotatable bonds is 11. The van der Waals surface area contributed by atoms with E-state index in [9.17, 15) is 9.18 Å². The number of hydrogen-bond acceptors (Lipinski definition) is 9. The summed E-state index contributed by atoms with van der Waals surface area (Å²) in [5, 5.41) is 0. The summed E-state index contributed by atoms with van der Waals surface area (Å²) < 4.78 is 27.2. The van der Waals surface area contributed by atoms with E-state index in [1.54, 1.807) is 11.1 Å². The van der Waals surface area contributed by atoms with E-state index in [1.807, 2.05) is 33.0 Å². The molecule has 47 heavy (non-hydrogen) atoms. The van der Waals surface area contributed by atoms with Crippen molar-refractivity contribution >= 4 is 11.7 Å². The molecule has 2 aromatic heterocycles. The molecule has 0 bridgehead atoms. The van der Waals surface area contributed by atoms with Crippen molar-refractivity contribution in [3.63, 3.8) is 0 Å². The molecule has 10 nitrogen and oxygen atoms in total. The lowest BCUT2D eigenvalue weighted by molar-refractivity contribution is -0.0353. The van der Waals surface area contributed by atoms with Gasteiger partial charge in [0.05, 0.1) is 11.8 Å². The van der Waals surface area contributed by atoms with Gasteiger partial charge in [0.1, 0.15) is 29.7 Å². The molecule has 11 heteroatoms. The number of anilines is 1. The molecule has 1 saturated carbocycles. The monoisotopic (exact) mass is 643 g/mol. The van der Waals surface area contributed by atoms with E-state index in [0.717, 1.165) is 63.8 Å². The summed E-state index contributed by atoms with van der Waals surface area (Å²) >= 11 is 0. The van der Waals surface area contributed by atoms with Crippen LogP contribution in [0.25, 0.3) is 0 Å². The van der Waals surface area contributed by atoms with Crippen molar-refractivity contribution in [3.8, 4) is 17.2 Å². The topological polar surface area (TPSA) is 87.2 Å². The second kappa shape index (κ2) is 13.0. The molecular formula is C36H46FN7O3. The van der Waals surface area contributed by atoms with Gasteiger partial charge in [0.2, 0.25) is 0 Å². The van der Waals surface area contributed by atoms with Crippen molar-refractivity contribution in [3.05, 3.63) is 65.6 Å². The number of pyridine rings is 1. The highest BCUT2D eigenvalue weighted by molar-refractivity contribution is 5.97. The Hall–Kier alpha value is -3.83. The van der Waals surface area contributed by atoms with Crippen LogP contribution in [-0.2, 0) is 13.0 Å². The SMILES string of the molecule is CCN(C(=O)c1cc(F)ccc1Oc1cncnc1N1CC2(CC(Oc3ccnc4c3CN(CC[C@H]3CCN3C)CC4)C2)C1)C(C)C. The van der Waals surface area contributed by atoms with Crippen molar-refractivity contribution in [1.82, 2.24) is 29.7 Å². The molecule has 3 fully saturated rings. The molecule has 4 aliphatic rings. The highest BCUT2D eigenvalue weighted by Crippen LogP contribution is 2.52. The Kier molecular flexibility index (Phi) is 8.78. The Morgan fingerprint density at radius 3 is 2.68 bits per heavy atom. The van der Waals surface area contributed by atoms with Crippen LogP contribution in [0.15, 0.2) is 43.0 Å². The number of nitrogens with zero attached hydrogens (tertiary/aromatic N) is 7. The fourth-order valence-electron chi connectivity index (χ4n) is 7.77. The molecule has 1 spiro atoms. The Morgan fingerprint density at radius 1 is 1.13 bits per heavy atom. The van der Waals surface area contributed by atoms with E-state index < -0.39 is 5.82 Å². The van der Waals surface area contributed by atoms with Gasteiger partial charge in [-0.2, -0.15) is 0 Å². The molecule has 1 atom stereocenters. The van der Waals surface area contributed by atoms with Crippen LogP contribution in [0.2, 0.25) is 0 Å². The fourth-order valence-corrected chi connectivity index (χ4v) is 7.77. The van der Waals surface area contributed by atoms with E-state index in [4.69, 9.17) is 14.5 Å². The Balaban J connectivity index is 0.971. The summed E-state index contributed by atoms with van der Waals surface area (Å²) in [4.78, 5) is 35.7.